The van der Waals surface area contributed by atoms with Gasteiger partial charge in [0.15, 0.2) is 5.69 Å². The number of nitrogens with zero attached hydrogens (tertiary/aromatic N) is 3. The molecule has 0 aromatic carbocycles. The predicted octanol–water partition coefficient (Wildman–Crippen LogP) is 0.237. The summed E-state index contributed by atoms with van der Waals surface area (Å²) in [6.07, 6.45) is 1.42. The Morgan fingerprint density at radius 1 is 1.61 bits per heavy atom. The Morgan fingerprint density at radius 2 is 2.33 bits per heavy atom. The lowest BCUT2D eigenvalue weighted by molar-refractivity contribution is 0.0690. The van der Waals surface area contributed by atoms with Gasteiger partial charge < -0.3 is 15.2 Å². The topological polar surface area (TPSA) is 89.3 Å². The number of ether oxygens (including phenoxy) is 1. The number of nitrogens with one attached hydrogen (secondary N) is 1. The predicted molar refractivity (Wildman–Crippen MR) is 65.5 cm³/mol. The minimum Gasteiger partial charge on any atom is -0.476 e. The minimum absolute atomic E-state index is 0.0349. The van der Waals surface area contributed by atoms with E-state index in [4.69, 9.17) is 9.84 Å². The molecule has 0 radical (unpaired) electrons. The molecule has 1 unspecified atom stereocenters. The average molecular weight is 256 g/mol. The van der Waals surface area contributed by atoms with Crippen LogP contribution >= 0.6 is 0 Å². The van der Waals surface area contributed by atoms with Crippen LogP contribution in [0.4, 0.5) is 0 Å². The molecule has 0 aliphatic rings. The molecule has 18 heavy (non-hydrogen) atoms. The second kappa shape index (κ2) is 7.07. The summed E-state index contributed by atoms with van der Waals surface area (Å²) >= 11 is 0. The van der Waals surface area contributed by atoms with Crippen LogP contribution in [0.15, 0.2) is 6.20 Å². The number of hydrogen-bond acceptors (Lipinski definition) is 5. The van der Waals surface area contributed by atoms with Gasteiger partial charge in [-0.3, -0.25) is 4.68 Å². The van der Waals surface area contributed by atoms with Crippen LogP contribution in [0.1, 0.15) is 24.3 Å². The van der Waals surface area contributed by atoms with Gasteiger partial charge in [0.2, 0.25) is 0 Å². The number of rotatable bonds is 8. The summed E-state index contributed by atoms with van der Waals surface area (Å²) in [7, 11) is 1.67. The smallest absolute Gasteiger partial charge is 0.358 e. The summed E-state index contributed by atoms with van der Waals surface area (Å²) in [4.78, 5) is 10.6. The summed E-state index contributed by atoms with van der Waals surface area (Å²) in [6, 6.07) is 0.275. The van der Waals surface area contributed by atoms with Gasteiger partial charge in [0.25, 0.3) is 0 Å². The highest BCUT2D eigenvalue weighted by Crippen LogP contribution is 2.01. The van der Waals surface area contributed by atoms with E-state index in [-0.39, 0.29) is 11.7 Å². The van der Waals surface area contributed by atoms with Gasteiger partial charge in [0.1, 0.15) is 0 Å². The van der Waals surface area contributed by atoms with Crippen molar-refractivity contribution in [2.45, 2.75) is 26.4 Å². The van der Waals surface area contributed by atoms with Crippen molar-refractivity contribution >= 4 is 5.97 Å². The van der Waals surface area contributed by atoms with Crippen LogP contribution in [0.2, 0.25) is 0 Å². The van der Waals surface area contributed by atoms with Gasteiger partial charge in [-0.15, -0.1) is 5.10 Å². The highest BCUT2D eigenvalue weighted by Gasteiger charge is 2.12. The maximum atomic E-state index is 10.6. The lowest BCUT2D eigenvalue weighted by Gasteiger charge is -2.21. The summed E-state index contributed by atoms with van der Waals surface area (Å²) in [5, 5.41) is 19.3. The maximum absolute atomic E-state index is 10.6. The van der Waals surface area contributed by atoms with Crippen LogP contribution in [0, 0.1) is 5.92 Å². The zero-order valence-electron chi connectivity index (χ0n) is 11.0. The Hall–Kier alpha value is -1.47. The molecular formula is C11H20N4O3. The Morgan fingerprint density at radius 3 is 2.83 bits per heavy atom. The minimum atomic E-state index is -1.06. The van der Waals surface area contributed by atoms with Crippen LogP contribution in [0.3, 0.4) is 0 Å². The number of hydrogen-bond donors (Lipinski definition) is 2. The zero-order chi connectivity index (χ0) is 13.5. The van der Waals surface area contributed by atoms with Gasteiger partial charge in [-0.2, -0.15) is 0 Å². The van der Waals surface area contributed by atoms with E-state index >= 15 is 0 Å². The fraction of sp³-hybridized carbons (Fsp3) is 0.727. The Bertz CT molecular complexity index is 378. The molecule has 0 saturated heterocycles. The lowest BCUT2D eigenvalue weighted by atomic mass is 10.1. The Balaban J connectivity index is 2.37. The van der Waals surface area contributed by atoms with Crippen molar-refractivity contribution in [2.75, 3.05) is 20.3 Å². The highest BCUT2D eigenvalue weighted by molar-refractivity contribution is 5.84. The number of aromatic nitrogens is 3. The van der Waals surface area contributed by atoms with Gasteiger partial charge in [0, 0.05) is 19.7 Å². The van der Waals surface area contributed by atoms with E-state index in [2.05, 4.69) is 29.5 Å². The molecule has 0 aliphatic carbocycles. The number of carboxylic acids is 1. The molecule has 1 heterocycles. The van der Waals surface area contributed by atoms with Crippen LogP contribution < -0.4 is 5.32 Å². The SMILES string of the molecule is COCC(NCCn1cc(C(=O)O)nn1)C(C)C. The summed E-state index contributed by atoms with van der Waals surface area (Å²) in [6.45, 7) is 6.15. The Labute approximate surface area is 106 Å². The normalized spacial score (nSPS) is 12.9. The number of carboxylic acid groups (broad SMARTS) is 1. The molecule has 7 heteroatoms. The van der Waals surface area contributed by atoms with E-state index < -0.39 is 5.97 Å². The van der Waals surface area contributed by atoms with Gasteiger partial charge in [-0.1, -0.05) is 19.1 Å². The van der Waals surface area contributed by atoms with Crippen molar-refractivity contribution in [3.8, 4) is 0 Å². The molecule has 0 fully saturated rings. The van der Waals surface area contributed by atoms with E-state index in [0.29, 0.717) is 25.6 Å². The third-order valence-electron chi connectivity index (χ3n) is 2.66. The third kappa shape index (κ3) is 4.42. The van der Waals surface area contributed by atoms with E-state index in [0.717, 1.165) is 0 Å². The summed E-state index contributed by atoms with van der Waals surface area (Å²) in [5.41, 5.74) is -0.0349. The van der Waals surface area contributed by atoms with Crippen LogP contribution in [0.25, 0.3) is 0 Å². The van der Waals surface area contributed by atoms with Crippen LogP contribution in [0.5, 0.6) is 0 Å². The van der Waals surface area contributed by atoms with E-state index in [1.54, 1.807) is 7.11 Å². The van der Waals surface area contributed by atoms with Gasteiger partial charge in [-0.05, 0) is 5.92 Å². The molecule has 1 aromatic rings. The number of methoxy groups -OCH3 is 1. The first kappa shape index (κ1) is 14.6. The monoisotopic (exact) mass is 256 g/mol. The van der Waals surface area contributed by atoms with Gasteiger partial charge in [-0.25, -0.2) is 4.79 Å². The van der Waals surface area contributed by atoms with Crippen molar-refractivity contribution in [1.82, 2.24) is 20.3 Å². The highest BCUT2D eigenvalue weighted by atomic mass is 16.5. The first-order chi connectivity index (χ1) is 8.54. The first-order valence-corrected chi connectivity index (χ1v) is 5.90. The molecule has 0 amide bonds. The van der Waals surface area contributed by atoms with Crippen molar-refractivity contribution in [1.29, 1.82) is 0 Å². The molecule has 7 nitrogen and oxygen atoms in total. The molecular weight excluding hydrogens is 236 g/mol. The lowest BCUT2D eigenvalue weighted by Crippen LogP contribution is -2.39. The molecule has 0 saturated carbocycles. The van der Waals surface area contributed by atoms with Crippen LogP contribution in [-0.4, -0.2) is 52.4 Å². The third-order valence-corrected chi connectivity index (χ3v) is 2.66. The van der Waals surface area contributed by atoms with Crippen molar-refractivity contribution in [3.63, 3.8) is 0 Å². The van der Waals surface area contributed by atoms with Crippen molar-refractivity contribution in [2.24, 2.45) is 5.92 Å². The average Bonchev–Trinajstić information content (AvgIpc) is 2.76. The largest absolute Gasteiger partial charge is 0.476 e. The van der Waals surface area contributed by atoms with Crippen molar-refractivity contribution in [3.05, 3.63) is 11.9 Å². The molecule has 1 atom stereocenters. The molecule has 0 aliphatic heterocycles. The molecule has 1 rings (SSSR count). The second-order valence-electron chi connectivity index (χ2n) is 4.43. The van der Waals surface area contributed by atoms with Crippen molar-refractivity contribution < 1.29 is 14.6 Å². The fourth-order valence-electron chi connectivity index (χ4n) is 1.54. The van der Waals surface area contributed by atoms with E-state index in [9.17, 15) is 4.79 Å². The molecule has 2 N–H and O–H groups in total. The summed E-state index contributed by atoms with van der Waals surface area (Å²) < 4.78 is 6.64. The first-order valence-electron chi connectivity index (χ1n) is 5.90. The van der Waals surface area contributed by atoms with Gasteiger partial charge >= 0.3 is 5.97 Å². The molecule has 0 bridgehead atoms. The fourth-order valence-corrected chi connectivity index (χ4v) is 1.54. The standard InChI is InChI=1S/C11H20N4O3/c1-8(2)10(7-18-3)12-4-5-15-6-9(11(16)17)13-14-15/h6,8,10,12H,4-5,7H2,1-3H3,(H,16,17). The number of carbonyl (C=O) groups is 1. The van der Waals surface area contributed by atoms with E-state index in [1.807, 2.05) is 0 Å². The number of aromatic carboxylic acids is 1. The summed E-state index contributed by atoms with van der Waals surface area (Å²) in [5.74, 6) is -0.594. The maximum Gasteiger partial charge on any atom is 0.358 e. The second-order valence-corrected chi connectivity index (χ2v) is 4.43. The molecule has 102 valence electrons. The molecule has 0 spiro atoms. The quantitative estimate of drug-likeness (QED) is 0.692. The van der Waals surface area contributed by atoms with Gasteiger partial charge in [0.05, 0.1) is 19.3 Å². The van der Waals surface area contributed by atoms with Crippen LogP contribution in [-0.2, 0) is 11.3 Å². The Kier molecular flexibility index (Phi) is 5.73. The van der Waals surface area contributed by atoms with E-state index in [1.165, 1.54) is 10.9 Å². The zero-order valence-corrected chi connectivity index (χ0v) is 11.0. The molecule has 1 aromatic heterocycles.